The molecule has 0 spiro atoms. The predicted molar refractivity (Wildman–Crippen MR) is 172 cm³/mol. The third-order valence-electron chi connectivity index (χ3n) is 7.41. The van der Waals surface area contributed by atoms with E-state index in [1.165, 1.54) is 32.4 Å². The van der Waals surface area contributed by atoms with Crippen molar-refractivity contribution in [2.24, 2.45) is 0 Å². The number of amides is 3. The number of nitrogens with one attached hydrogen (secondary N) is 3. The lowest BCUT2D eigenvalue weighted by Crippen LogP contribution is -2.46. The monoisotopic (exact) mass is 629 g/mol. The van der Waals surface area contributed by atoms with E-state index in [2.05, 4.69) is 20.9 Å². The van der Waals surface area contributed by atoms with Crippen LogP contribution in [0.25, 0.3) is 10.9 Å². The number of rotatable bonds is 8. The Morgan fingerprint density at radius 2 is 1.76 bits per heavy atom. The molecule has 12 heteroatoms. The number of thiocarbonyl (C=S) groups is 1. The highest BCUT2D eigenvalue weighted by Gasteiger charge is 2.24. The summed E-state index contributed by atoms with van der Waals surface area (Å²) >= 11 is 5.22. The van der Waals surface area contributed by atoms with Gasteiger partial charge in [0.1, 0.15) is 11.5 Å². The van der Waals surface area contributed by atoms with Crippen LogP contribution in [-0.4, -0.2) is 59.0 Å². The number of likely N-dealkylation sites (tertiary alicyclic amines) is 1. The molecule has 3 aromatic carbocycles. The van der Waals surface area contributed by atoms with E-state index in [0.717, 1.165) is 5.56 Å². The van der Waals surface area contributed by atoms with Crippen LogP contribution in [-0.2, 0) is 16.0 Å². The Morgan fingerprint density at radius 1 is 1.00 bits per heavy atom. The summed E-state index contributed by atoms with van der Waals surface area (Å²) in [5.41, 5.74) is 1.93. The number of aromatic nitrogens is 1. The number of pyridine rings is 1. The average Bonchev–Trinajstić information content (AvgIpc) is 3.02. The highest BCUT2D eigenvalue weighted by Crippen LogP contribution is 2.35. The Bertz CT molecular complexity index is 1740. The fourth-order valence-corrected chi connectivity index (χ4v) is 5.31. The van der Waals surface area contributed by atoms with Crippen LogP contribution in [0.15, 0.2) is 72.9 Å². The van der Waals surface area contributed by atoms with Gasteiger partial charge >= 0.3 is 0 Å². The Balaban J connectivity index is 1.28. The number of anilines is 1. The Hall–Kier alpha value is -5.10. The maximum atomic E-state index is 15.2. The van der Waals surface area contributed by atoms with E-state index < -0.39 is 5.82 Å². The summed E-state index contributed by atoms with van der Waals surface area (Å²) in [5.74, 6) is -0.734. The topological polar surface area (TPSA) is 122 Å². The van der Waals surface area contributed by atoms with Crippen molar-refractivity contribution in [3.63, 3.8) is 0 Å². The maximum absolute atomic E-state index is 15.2. The number of halogens is 1. The van der Waals surface area contributed by atoms with Crippen LogP contribution in [0, 0.1) is 5.82 Å². The van der Waals surface area contributed by atoms with E-state index >= 15 is 4.39 Å². The molecule has 0 radical (unpaired) electrons. The van der Waals surface area contributed by atoms with Gasteiger partial charge < -0.3 is 30.3 Å². The van der Waals surface area contributed by atoms with Crippen molar-refractivity contribution in [3.8, 4) is 17.2 Å². The minimum absolute atomic E-state index is 0.0184. The standard InChI is InChI=1S/C33H32FN5O5S/c1-20(40)39-14-11-22(12-15-39)36-32(42)25-18-24-27(19-30(25)43-2)35-13-10-28(24)44-29-9-8-23(17-26(29)34)37-33(45)38-31(41)16-21-6-4-3-5-7-21/h3-10,13,17-19,22H,11-12,14-16H2,1-2H3,(H,36,42)(H2,37,38,41,45). The molecule has 45 heavy (non-hydrogen) atoms. The number of hydrogen-bond donors (Lipinski definition) is 3. The van der Waals surface area contributed by atoms with Crippen molar-refractivity contribution in [2.75, 3.05) is 25.5 Å². The molecule has 3 N–H and O–H groups in total. The van der Waals surface area contributed by atoms with E-state index in [1.54, 1.807) is 29.2 Å². The molecule has 2 heterocycles. The Morgan fingerprint density at radius 3 is 2.44 bits per heavy atom. The molecule has 1 fully saturated rings. The highest BCUT2D eigenvalue weighted by atomic mass is 32.1. The van der Waals surface area contributed by atoms with Crippen LogP contribution >= 0.6 is 12.2 Å². The van der Waals surface area contributed by atoms with Crippen LogP contribution in [0.5, 0.6) is 17.2 Å². The normalized spacial score (nSPS) is 13.2. The first-order valence-electron chi connectivity index (χ1n) is 14.4. The zero-order valence-corrected chi connectivity index (χ0v) is 25.6. The van der Waals surface area contributed by atoms with Crippen LogP contribution in [0.1, 0.15) is 35.7 Å². The van der Waals surface area contributed by atoms with E-state index in [0.29, 0.717) is 48.3 Å². The quantitative estimate of drug-likeness (QED) is 0.234. The molecule has 10 nitrogen and oxygen atoms in total. The van der Waals surface area contributed by atoms with Crippen molar-refractivity contribution in [1.29, 1.82) is 0 Å². The number of piperidine rings is 1. The zero-order chi connectivity index (χ0) is 31.9. The molecule has 232 valence electrons. The minimum Gasteiger partial charge on any atom is -0.496 e. The molecule has 0 unspecified atom stereocenters. The summed E-state index contributed by atoms with van der Waals surface area (Å²) in [4.78, 5) is 43.4. The first-order chi connectivity index (χ1) is 21.7. The lowest BCUT2D eigenvalue weighted by molar-refractivity contribution is -0.129. The Kier molecular flexibility index (Phi) is 9.83. The van der Waals surface area contributed by atoms with Gasteiger partial charge in [0.2, 0.25) is 11.8 Å². The summed E-state index contributed by atoms with van der Waals surface area (Å²) in [6.07, 6.45) is 2.96. The Labute approximate surface area is 264 Å². The van der Waals surface area contributed by atoms with Crippen LogP contribution in [0.3, 0.4) is 0 Å². The number of methoxy groups -OCH3 is 1. The largest absolute Gasteiger partial charge is 0.496 e. The number of fused-ring (bicyclic) bond motifs is 1. The number of benzene rings is 3. The second kappa shape index (κ2) is 14.1. The number of ether oxygens (including phenoxy) is 2. The highest BCUT2D eigenvalue weighted by molar-refractivity contribution is 7.80. The van der Waals surface area contributed by atoms with Crippen molar-refractivity contribution < 1.29 is 28.2 Å². The van der Waals surface area contributed by atoms with Gasteiger partial charge in [-0.15, -0.1) is 0 Å². The van der Waals surface area contributed by atoms with Gasteiger partial charge in [-0.2, -0.15) is 0 Å². The molecule has 4 aromatic rings. The minimum atomic E-state index is -0.674. The molecule has 0 saturated carbocycles. The molecule has 0 atom stereocenters. The summed E-state index contributed by atoms with van der Waals surface area (Å²) in [6, 6.07) is 18.2. The predicted octanol–water partition coefficient (Wildman–Crippen LogP) is 4.97. The van der Waals surface area contributed by atoms with E-state index in [9.17, 15) is 14.4 Å². The molecule has 1 aliphatic rings. The van der Waals surface area contributed by atoms with E-state index in [4.69, 9.17) is 21.7 Å². The number of carbonyl (C=O) groups is 3. The first kappa shape index (κ1) is 31.3. The van der Waals surface area contributed by atoms with Crippen LogP contribution < -0.4 is 25.4 Å². The van der Waals surface area contributed by atoms with Crippen molar-refractivity contribution in [2.45, 2.75) is 32.2 Å². The molecular formula is C33H32FN5O5S. The van der Waals surface area contributed by atoms with Gasteiger partial charge in [0.15, 0.2) is 16.7 Å². The number of hydrogen-bond acceptors (Lipinski definition) is 7. The van der Waals surface area contributed by atoms with Gasteiger partial charge in [-0.25, -0.2) is 4.39 Å². The molecule has 0 aliphatic carbocycles. The fraction of sp³-hybridized carbons (Fsp3) is 0.242. The first-order valence-corrected chi connectivity index (χ1v) is 14.8. The average molecular weight is 630 g/mol. The molecule has 5 rings (SSSR count). The zero-order valence-electron chi connectivity index (χ0n) is 24.8. The number of nitrogens with zero attached hydrogens (tertiary/aromatic N) is 2. The summed E-state index contributed by atoms with van der Waals surface area (Å²) in [6.45, 7) is 2.69. The maximum Gasteiger partial charge on any atom is 0.255 e. The third-order valence-corrected chi connectivity index (χ3v) is 7.62. The molecular weight excluding hydrogens is 597 g/mol. The van der Waals surface area contributed by atoms with Crippen molar-refractivity contribution >= 4 is 51.6 Å². The summed E-state index contributed by atoms with van der Waals surface area (Å²) in [5, 5.41) is 8.96. The van der Waals surface area contributed by atoms with Gasteiger partial charge in [0, 0.05) is 55.5 Å². The summed E-state index contributed by atoms with van der Waals surface area (Å²) < 4.78 is 26.6. The van der Waals surface area contributed by atoms with Crippen LogP contribution in [0.2, 0.25) is 0 Å². The van der Waals surface area contributed by atoms with Crippen molar-refractivity contribution in [3.05, 3.63) is 89.9 Å². The second-order valence-electron chi connectivity index (χ2n) is 10.5. The third kappa shape index (κ3) is 7.90. The summed E-state index contributed by atoms with van der Waals surface area (Å²) in [7, 11) is 1.47. The van der Waals surface area contributed by atoms with E-state index in [-0.39, 0.29) is 52.4 Å². The molecule has 1 aromatic heterocycles. The molecule has 0 bridgehead atoms. The smallest absolute Gasteiger partial charge is 0.255 e. The van der Waals surface area contributed by atoms with Gasteiger partial charge in [-0.05, 0) is 54.9 Å². The molecule has 3 amide bonds. The SMILES string of the molecule is COc1cc2nccc(Oc3ccc(NC(=S)NC(=O)Cc4ccccc4)cc3F)c2cc1C(=O)NC1CCN(C(C)=O)CC1. The van der Waals surface area contributed by atoms with E-state index in [1.807, 2.05) is 30.3 Å². The molecule has 1 aliphatic heterocycles. The molecule has 1 saturated heterocycles. The van der Waals surface area contributed by atoms with Gasteiger partial charge in [0.25, 0.3) is 5.91 Å². The lowest BCUT2D eigenvalue weighted by atomic mass is 10.0. The van der Waals surface area contributed by atoms with Gasteiger partial charge in [-0.1, -0.05) is 30.3 Å². The second-order valence-corrected chi connectivity index (χ2v) is 11.0. The van der Waals surface area contributed by atoms with Crippen molar-refractivity contribution in [1.82, 2.24) is 20.5 Å². The number of carbonyl (C=O) groups excluding carboxylic acids is 3. The van der Waals surface area contributed by atoms with Gasteiger partial charge in [0.05, 0.1) is 24.6 Å². The fourth-order valence-electron chi connectivity index (χ4n) is 5.08. The van der Waals surface area contributed by atoms with Gasteiger partial charge in [-0.3, -0.25) is 19.4 Å². The lowest BCUT2D eigenvalue weighted by Gasteiger charge is -2.31. The van der Waals surface area contributed by atoms with Crippen LogP contribution in [0.4, 0.5) is 10.1 Å².